The van der Waals surface area contributed by atoms with Crippen LogP contribution in [0.5, 0.6) is 5.75 Å². The molecule has 1 aromatic carbocycles. The van der Waals surface area contributed by atoms with E-state index in [-0.39, 0.29) is 12.5 Å². The lowest BCUT2D eigenvalue weighted by molar-refractivity contribution is -0.118. The fourth-order valence-electron chi connectivity index (χ4n) is 1.62. The Hall–Kier alpha value is -2.87. The van der Waals surface area contributed by atoms with Crippen LogP contribution in [-0.4, -0.2) is 17.5 Å². The number of hydrogen-bond acceptors (Lipinski definition) is 4. The van der Waals surface area contributed by atoms with E-state index in [9.17, 15) is 4.79 Å². The van der Waals surface area contributed by atoms with Crippen molar-refractivity contribution in [3.05, 3.63) is 53.7 Å². The Bertz CT molecular complexity index is 662. The van der Waals surface area contributed by atoms with E-state index in [1.807, 2.05) is 25.1 Å². The lowest BCUT2D eigenvalue weighted by Gasteiger charge is -2.08. The second kappa shape index (κ2) is 6.34. The number of carbonyl (C=O) groups excluding carboxylic acids is 1. The second-order valence-corrected chi connectivity index (χ2v) is 4.11. The number of amides is 1. The number of nitrogens with one attached hydrogen (secondary N) is 1. The van der Waals surface area contributed by atoms with Crippen LogP contribution in [0.3, 0.4) is 0 Å². The molecule has 0 aliphatic heterocycles. The van der Waals surface area contributed by atoms with Crippen LogP contribution in [0.1, 0.15) is 11.3 Å². The van der Waals surface area contributed by atoms with Crippen molar-refractivity contribution in [2.45, 2.75) is 6.92 Å². The molecule has 1 N–H and O–H groups in total. The van der Waals surface area contributed by atoms with Gasteiger partial charge in [-0.1, -0.05) is 18.2 Å². The molecular weight excluding hydrogens is 254 g/mol. The third-order valence-corrected chi connectivity index (χ3v) is 2.52. The summed E-state index contributed by atoms with van der Waals surface area (Å²) in [5, 5.41) is 11.5. The number of aryl methyl sites for hydroxylation is 1. The van der Waals surface area contributed by atoms with Crippen LogP contribution in [0.25, 0.3) is 0 Å². The van der Waals surface area contributed by atoms with E-state index in [0.29, 0.717) is 17.1 Å². The number of benzene rings is 1. The lowest BCUT2D eigenvalue weighted by Crippen LogP contribution is -2.21. The van der Waals surface area contributed by atoms with Gasteiger partial charge >= 0.3 is 0 Å². The molecule has 2 aromatic rings. The summed E-state index contributed by atoms with van der Waals surface area (Å²) in [6, 6.07) is 14.1. The zero-order valence-electron chi connectivity index (χ0n) is 11.0. The van der Waals surface area contributed by atoms with E-state index in [0.717, 1.165) is 5.69 Å². The van der Waals surface area contributed by atoms with E-state index in [1.54, 1.807) is 30.3 Å². The highest BCUT2D eigenvalue weighted by atomic mass is 16.5. The van der Waals surface area contributed by atoms with E-state index < -0.39 is 0 Å². The highest BCUT2D eigenvalue weighted by Crippen LogP contribution is 2.16. The molecule has 5 heteroatoms. The minimum absolute atomic E-state index is 0.172. The van der Waals surface area contributed by atoms with Crippen molar-refractivity contribution in [1.82, 2.24) is 4.98 Å². The second-order valence-electron chi connectivity index (χ2n) is 4.11. The molecule has 1 amide bonds. The van der Waals surface area contributed by atoms with E-state index >= 15 is 0 Å². The largest absolute Gasteiger partial charge is 0.482 e. The highest BCUT2D eigenvalue weighted by Gasteiger charge is 2.07. The van der Waals surface area contributed by atoms with Crippen molar-refractivity contribution < 1.29 is 9.53 Å². The average Bonchev–Trinajstić information content (AvgIpc) is 2.45. The number of carbonyl (C=O) groups is 1. The maximum absolute atomic E-state index is 11.7. The smallest absolute Gasteiger partial charge is 0.263 e. The van der Waals surface area contributed by atoms with Gasteiger partial charge in [-0.2, -0.15) is 5.26 Å². The number of pyridine rings is 1. The van der Waals surface area contributed by atoms with Crippen molar-refractivity contribution in [3.8, 4) is 11.8 Å². The molecule has 0 saturated heterocycles. The maximum atomic E-state index is 11.7. The summed E-state index contributed by atoms with van der Waals surface area (Å²) in [4.78, 5) is 15.9. The highest BCUT2D eigenvalue weighted by molar-refractivity contribution is 5.90. The normalized spacial score (nSPS) is 9.60. The van der Waals surface area contributed by atoms with E-state index in [1.165, 1.54) is 0 Å². The minimum Gasteiger partial charge on any atom is -0.482 e. The Morgan fingerprint density at radius 1 is 1.30 bits per heavy atom. The predicted octanol–water partition coefficient (Wildman–Crippen LogP) is 2.28. The summed E-state index contributed by atoms with van der Waals surface area (Å²) in [5.74, 6) is 0.547. The molecule has 0 radical (unpaired) electrons. The third-order valence-electron chi connectivity index (χ3n) is 2.52. The first-order chi connectivity index (χ1) is 9.69. The Morgan fingerprint density at radius 3 is 2.85 bits per heavy atom. The van der Waals surface area contributed by atoms with Gasteiger partial charge in [0.15, 0.2) is 6.61 Å². The van der Waals surface area contributed by atoms with E-state index in [2.05, 4.69) is 10.3 Å². The Balaban J connectivity index is 1.94. The predicted molar refractivity (Wildman–Crippen MR) is 74.3 cm³/mol. The standard InChI is InChI=1S/C15H13N3O2/c1-11-5-4-8-14(17-11)18-15(19)10-20-13-7-3-2-6-12(13)9-16/h2-8H,10H2,1H3,(H,17,18,19). The molecule has 20 heavy (non-hydrogen) atoms. The van der Waals surface area contributed by atoms with Gasteiger partial charge in [-0.3, -0.25) is 4.79 Å². The van der Waals surface area contributed by atoms with Gasteiger partial charge < -0.3 is 10.1 Å². The van der Waals surface area contributed by atoms with Crippen LogP contribution in [0.15, 0.2) is 42.5 Å². The summed E-state index contributed by atoms with van der Waals surface area (Å²) >= 11 is 0. The van der Waals surface area contributed by atoms with Gasteiger partial charge in [-0.15, -0.1) is 0 Å². The molecule has 0 aliphatic rings. The first-order valence-corrected chi connectivity index (χ1v) is 6.04. The van der Waals surface area contributed by atoms with Gasteiger partial charge in [0.1, 0.15) is 17.6 Å². The van der Waals surface area contributed by atoms with Crippen molar-refractivity contribution in [2.75, 3.05) is 11.9 Å². The lowest BCUT2D eigenvalue weighted by atomic mass is 10.2. The minimum atomic E-state index is -0.323. The van der Waals surface area contributed by atoms with Gasteiger partial charge in [0, 0.05) is 5.69 Å². The molecule has 0 aliphatic carbocycles. The van der Waals surface area contributed by atoms with Gasteiger partial charge in [-0.05, 0) is 31.2 Å². The number of rotatable bonds is 4. The number of nitrogens with zero attached hydrogens (tertiary/aromatic N) is 2. The number of ether oxygens (including phenoxy) is 1. The summed E-state index contributed by atoms with van der Waals surface area (Å²) in [7, 11) is 0. The van der Waals surface area contributed by atoms with Gasteiger partial charge in [0.05, 0.1) is 5.56 Å². The van der Waals surface area contributed by atoms with E-state index in [4.69, 9.17) is 10.00 Å². The first-order valence-electron chi connectivity index (χ1n) is 6.04. The molecule has 1 heterocycles. The fraction of sp³-hybridized carbons (Fsp3) is 0.133. The zero-order chi connectivity index (χ0) is 14.4. The van der Waals surface area contributed by atoms with Crippen molar-refractivity contribution in [2.24, 2.45) is 0 Å². The maximum Gasteiger partial charge on any atom is 0.263 e. The molecular formula is C15H13N3O2. The molecule has 1 aromatic heterocycles. The number of aromatic nitrogens is 1. The molecule has 0 atom stereocenters. The molecule has 5 nitrogen and oxygen atoms in total. The Morgan fingerprint density at radius 2 is 2.10 bits per heavy atom. The van der Waals surface area contributed by atoms with Crippen molar-refractivity contribution in [3.63, 3.8) is 0 Å². The average molecular weight is 267 g/mol. The van der Waals surface area contributed by atoms with Crippen LogP contribution in [-0.2, 0) is 4.79 Å². The molecule has 0 saturated carbocycles. The van der Waals surface area contributed by atoms with Crippen LogP contribution in [0, 0.1) is 18.3 Å². The summed E-state index contributed by atoms with van der Waals surface area (Å²) in [6.07, 6.45) is 0. The summed E-state index contributed by atoms with van der Waals surface area (Å²) < 4.78 is 5.33. The SMILES string of the molecule is Cc1cccc(NC(=O)COc2ccccc2C#N)n1. The van der Waals surface area contributed by atoms with Crippen LogP contribution < -0.4 is 10.1 Å². The molecule has 2 rings (SSSR count). The number of nitriles is 1. The molecule has 0 unspecified atom stereocenters. The number of anilines is 1. The quantitative estimate of drug-likeness (QED) is 0.922. The monoisotopic (exact) mass is 267 g/mol. The van der Waals surface area contributed by atoms with Gasteiger partial charge in [-0.25, -0.2) is 4.98 Å². The van der Waals surface area contributed by atoms with Crippen LogP contribution in [0.4, 0.5) is 5.82 Å². The van der Waals surface area contributed by atoms with Crippen LogP contribution in [0.2, 0.25) is 0 Å². The molecule has 0 fully saturated rings. The van der Waals surface area contributed by atoms with Gasteiger partial charge in [0.2, 0.25) is 0 Å². The first kappa shape index (κ1) is 13.6. The topological polar surface area (TPSA) is 75.0 Å². The molecule has 0 spiro atoms. The number of hydrogen-bond donors (Lipinski definition) is 1. The third kappa shape index (κ3) is 3.56. The number of para-hydroxylation sites is 1. The fourth-order valence-corrected chi connectivity index (χ4v) is 1.62. The summed E-state index contributed by atoms with van der Waals surface area (Å²) in [6.45, 7) is 1.67. The summed E-state index contributed by atoms with van der Waals surface area (Å²) in [5.41, 5.74) is 1.22. The van der Waals surface area contributed by atoms with Crippen LogP contribution >= 0.6 is 0 Å². The molecule has 100 valence electrons. The Labute approximate surface area is 116 Å². The Kier molecular flexibility index (Phi) is 4.30. The zero-order valence-corrected chi connectivity index (χ0v) is 11.0. The molecule has 0 bridgehead atoms. The van der Waals surface area contributed by atoms with Crippen molar-refractivity contribution in [1.29, 1.82) is 5.26 Å². The van der Waals surface area contributed by atoms with Crippen molar-refractivity contribution >= 4 is 11.7 Å². The van der Waals surface area contributed by atoms with Gasteiger partial charge in [0.25, 0.3) is 5.91 Å².